The number of hydrogen-bond acceptors (Lipinski definition) is 2. The van der Waals surface area contributed by atoms with Crippen molar-refractivity contribution >= 4 is 0 Å². The quantitative estimate of drug-likeness (QED) is 0.825. The van der Waals surface area contributed by atoms with Crippen LogP contribution in [-0.4, -0.2) is 12.1 Å². The van der Waals surface area contributed by atoms with Crippen molar-refractivity contribution in [2.45, 2.75) is 51.7 Å². The number of benzene rings is 1. The number of hydrogen-bond donors (Lipinski definition) is 1. The van der Waals surface area contributed by atoms with Crippen LogP contribution in [0.2, 0.25) is 0 Å². The van der Waals surface area contributed by atoms with Crippen LogP contribution in [0.15, 0.2) is 30.4 Å². The molecule has 0 amide bonds. The second kappa shape index (κ2) is 6.05. The van der Waals surface area contributed by atoms with Crippen LogP contribution >= 0.6 is 0 Å². The molecular formula is C16H23NO. The first-order valence-electron chi connectivity index (χ1n) is 6.83. The zero-order chi connectivity index (χ0) is 13.0. The second-order valence-corrected chi connectivity index (χ2v) is 5.31. The van der Waals surface area contributed by atoms with Gasteiger partial charge in [-0.3, -0.25) is 0 Å². The van der Waals surface area contributed by atoms with E-state index in [9.17, 15) is 0 Å². The Kier molecular flexibility index (Phi) is 4.43. The average Bonchev–Trinajstić information content (AvgIpc) is 2.33. The maximum absolute atomic E-state index is 6.10. The van der Waals surface area contributed by atoms with E-state index in [1.54, 1.807) is 0 Å². The van der Waals surface area contributed by atoms with Crippen LogP contribution < -0.4 is 10.5 Å². The van der Waals surface area contributed by atoms with E-state index in [4.69, 9.17) is 10.5 Å². The molecule has 0 bridgehead atoms. The topological polar surface area (TPSA) is 35.2 Å². The number of rotatable bonds is 4. The smallest absolute Gasteiger partial charge is 0.123 e. The molecule has 1 aliphatic rings. The van der Waals surface area contributed by atoms with Crippen LogP contribution in [0.1, 0.15) is 37.3 Å². The van der Waals surface area contributed by atoms with E-state index in [0.29, 0.717) is 0 Å². The lowest BCUT2D eigenvalue weighted by Gasteiger charge is -2.21. The first kappa shape index (κ1) is 13.2. The molecule has 1 aliphatic carbocycles. The van der Waals surface area contributed by atoms with Crippen LogP contribution in [0.3, 0.4) is 0 Å². The maximum Gasteiger partial charge on any atom is 0.123 e. The lowest BCUT2D eigenvalue weighted by Crippen LogP contribution is -2.20. The highest BCUT2D eigenvalue weighted by Gasteiger charge is 2.13. The van der Waals surface area contributed by atoms with Crippen LogP contribution in [-0.2, 0) is 6.42 Å². The third-order valence-electron chi connectivity index (χ3n) is 3.25. The van der Waals surface area contributed by atoms with Crippen molar-refractivity contribution in [3.8, 4) is 5.75 Å². The van der Waals surface area contributed by atoms with Gasteiger partial charge in [-0.05, 0) is 57.2 Å². The van der Waals surface area contributed by atoms with Gasteiger partial charge >= 0.3 is 0 Å². The van der Waals surface area contributed by atoms with Crippen molar-refractivity contribution < 1.29 is 4.74 Å². The summed E-state index contributed by atoms with van der Waals surface area (Å²) in [6.07, 6.45) is 9.01. The Morgan fingerprint density at radius 1 is 1.44 bits per heavy atom. The molecule has 0 saturated heterocycles. The number of allylic oxidation sites excluding steroid dienone is 1. The van der Waals surface area contributed by atoms with Crippen molar-refractivity contribution in [1.29, 1.82) is 0 Å². The summed E-state index contributed by atoms with van der Waals surface area (Å²) >= 11 is 0. The summed E-state index contributed by atoms with van der Waals surface area (Å²) in [6, 6.07) is 6.53. The fraction of sp³-hybridized carbons (Fsp3) is 0.500. The van der Waals surface area contributed by atoms with Gasteiger partial charge in [-0.15, -0.1) is 0 Å². The van der Waals surface area contributed by atoms with E-state index in [-0.39, 0.29) is 12.1 Å². The molecule has 0 aromatic heterocycles. The van der Waals surface area contributed by atoms with Crippen molar-refractivity contribution in [2.24, 2.45) is 5.73 Å². The van der Waals surface area contributed by atoms with Crippen LogP contribution in [0.25, 0.3) is 0 Å². The Bertz CT molecular complexity index is 423. The number of ether oxygens (including phenoxy) is 1. The van der Waals surface area contributed by atoms with Gasteiger partial charge in [0, 0.05) is 6.04 Å². The molecule has 0 aliphatic heterocycles. The van der Waals surface area contributed by atoms with E-state index in [0.717, 1.165) is 18.6 Å². The van der Waals surface area contributed by atoms with Gasteiger partial charge < -0.3 is 10.5 Å². The minimum absolute atomic E-state index is 0.163. The van der Waals surface area contributed by atoms with Gasteiger partial charge in [0.25, 0.3) is 0 Å². The number of nitrogens with two attached hydrogens (primary N) is 1. The van der Waals surface area contributed by atoms with Gasteiger partial charge in [0.05, 0.1) is 0 Å². The van der Waals surface area contributed by atoms with Gasteiger partial charge in [-0.2, -0.15) is 0 Å². The maximum atomic E-state index is 6.10. The van der Waals surface area contributed by atoms with Gasteiger partial charge in [0.2, 0.25) is 0 Å². The van der Waals surface area contributed by atoms with E-state index in [2.05, 4.69) is 37.3 Å². The second-order valence-electron chi connectivity index (χ2n) is 5.31. The molecule has 0 radical (unpaired) electrons. The molecule has 2 atom stereocenters. The molecule has 98 valence electrons. The van der Waals surface area contributed by atoms with E-state index < -0.39 is 0 Å². The summed E-state index contributed by atoms with van der Waals surface area (Å²) in [7, 11) is 0. The van der Waals surface area contributed by atoms with Gasteiger partial charge in [0.15, 0.2) is 0 Å². The molecule has 2 unspecified atom stereocenters. The number of aryl methyl sites for hydroxylation is 1. The molecule has 0 spiro atoms. The lowest BCUT2D eigenvalue weighted by molar-refractivity contribution is 0.227. The Morgan fingerprint density at radius 2 is 2.28 bits per heavy atom. The predicted octanol–water partition coefficient (Wildman–Crippen LogP) is 3.37. The Morgan fingerprint density at radius 3 is 2.94 bits per heavy atom. The molecule has 2 N–H and O–H groups in total. The predicted molar refractivity (Wildman–Crippen MR) is 75.9 cm³/mol. The van der Waals surface area contributed by atoms with Crippen LogP contribution in [0.4, 0.5) is 0 Å². The summed E-state index contributed by atoms with van der Waals surface area (Å²) < 4.78 is 6.10. The van der Waals surface area contributed by atoms with E-state index >= 15 is 0 Å². The molecular weight excluding hydrogens is 222 g/mol. The summed E-state index contributed by atoms with van der Waals surface area (Å²) in [6.45, 7) is 4.14. The molecule has 0 heterocycles. The van der Waals surface area contributed by atoms with E-state index in [1.807, 2.05) is 6.92 Å². The Labute approximate surface area is 110 Å². The molecule has 2 rings (SSSR count). The monoisotopic (exact) mass is 245 g/mol. The molecule has 1 aromatic rings. The standard InChI is InChI=1S/C16H23NO/c1-12-8-9-16(14(10-12)11-13(2)17)18-15-6-4-3-5-7-15/h4,6,8-10,13,15H,3,5,7,11,17H2,1-2H3. The zero-order valence-corrected chi connectivity index (χ0v) is 11.4. The molecule has 2 nitrogen and oxygen atoms in total. The average molecular weight is 245 g/mol. The largest absolute Gasteiger partial charge is 0.486 e. The van der Waals surface area contributed by atoms with Gasteiger partial charge in [-0.25, -0.2) is 0 Å². The molecule has 1 aromatic carbocycles. The fourth-order valence-corrected chi connectivity index (χ4v) is 2.37. The summed E-state index contributed by atoms with van der Waals surface area (Å²) in [5, 5.41) is 0. The Balaban J connectivity index is 2.15. The minimum atomic E-state index is 0.163. The van der Waals surface area contributed by atoms with Gasteiger partial charge in [-0.1, -0.05) is 23.8 Å². The highest BCUT2D eigenvalue weighted by molar-refractivity contribution is 5.38. The SMILES string of the molecule is Cc1ccc(OC2C=CCCC2)c(CC(C)N)c1. The highest BCUT2D eigenvalue weighted by Crippen LogP contribution is 2.25. The van der Waals surface area contributed by atoms with Gasteiger partial charge in [0.1, 0.15) is 11.9 Å². The van der Waals surface area contributed by atoms with E-state index in [1.165, 1.54) is 24.0 Å². The Hall–Kier alpha value is -1.28. The first-order chi connectivity index (χ1) is 8.65. The molecule has 0 fully saturated rings. The summed E-state index contributed by atoms with van der Waals surface area (Å²) in [4.78, 5) is 0. The summed E-state index contributed by atoms with van der Waals surface area (Å²) in [5.41, 5.74) is 8.39. The molecule has 18 heavy (non-hydrogen) atoms. The molecule has 2 heteroatoms. The minimum Gasteiger partial charge on any atom is -0.486 e. The van der Waals surface area contributed by atoms with Crippen LogP contribution in [0.5, 0.6) is 5.75 Å². The zero-order valence-electron chi connectivity index (χ0n) is 11.4. The fourth-order valence-electron chi connectivity index (χ4n) is 2.37. The van der Waals surface area contributed by atoms with Crippen molar-refractivity contribution in [2.75, 3.05) is 0 Å². The third-order valence-corrected chi connectivity index (χ3v) is 3.25. The van der Waals surface area contributed by atoms with Crippen molar-refractivity contribution in [3.05, 3.63) is 41.5 Å². The highest BCUT2D eigenvalue weighted by atomic mass is 16.5. The van der Waals surface area contributed by atoms with Crippen LogP contribution in [0, 0.1) is 6.92 Å². The van der Waals surface area contributed by atoms with Crippen molar-refractivity contribution in [3.63, 3.8) is 0 Å². The summed E-state index contributed by atoms with van der Waals surface area (Å²) in [5.74, 6) is 0.995. The lowest BCUT2D eigenvalue weighted by atomic mass is 10.0. The molecule has 0 saturated carbocycles. The third kappa shape index (κ3) is 3.61. The normalized spacial score (nSPS) is 20.7. The first-order valence-corrected chi connectivity index (χ1v) is 6.83. The van der Waals surface area contributed by atoms with Crippen molar-refractivity contribution in [1.82, 2.24) is 0 Å².